The van der Waals surface area contributed by atoms with Gasteiger partial charge in [-0.05, 0) is 69.4 Å². The number of rotatable bonds is 2. The normalized spacial score (nSPS) is 29.9. The largest absolute Gasteiger partial charge is 0.310 e. The van der Waals surface area contributed by atoms with E-state index >= 15 is 0 Å². The minimum atomic E-state index is 0.514. The Balaban J connectivity index is 1.57. The Morgan fingerprint density at radius 2 is 2.13 bits per heavy atom. The molecule has 124 valence electrons. The molecule has 0 aliphatic carbocycles. The summed E-state index contributed by atoms with van der Waals surface area (Å²) in [6.07, 6.45) is 7.34. The van der Waals surface area contributed by atoms with Gasteiger partial charge in [-0.25, -0.2) is 0 Å². The van der Waals surface area contributed by atoms with Crippen LogP contribution in [0, 0.1) is 5.92 Å². The summed E-state index contributed by atoms with van der Waals surface area (Å²) in [7, 11) is 2.21. The monoisotopic (exact) mass is 312 g/mol. The number of aromatic nitrogens is 2. The van der Waals surface area contributed by atoms with Gasteiger partial charge in [-0.3, -0.25) is 4.68 Å². The molecule has 23 heavy (non-hydrogen) atoms. The number of fused-ring (bicyclic) bond motifs is 1. The molecule has 0 saturated carbocycles. The lowest BCUT2D eigenvalue weighted by Crippen LogP contribution is -2.33. The Labute approximate surface area is 138 Å². The molecule has 1 aromatic carbocycles. The van der Waals surface area contributed by atoms with Gasteiger partial charge in [0.25, 0.3) is 0 Å². The Kier molecular flexibility index (Phi) is 4.12. The highest BCUT2D eigenvalue weighted by molar-refractivity contribution is 5.79. The van der Waals surface area contributed by atoms with E-state index in [9.17, 15) is 0 Å². The van der Waals surface area contributed by atoms with Crippen molar-refractivity contribution in [3.63, 3.8) is 0 Å². The van der Waals surface area contributed by atoms with Crippen LogP contribution in [-0.4, -0.2) is 41.4 Å². The predicted molar refractivity (Wildman–Crippen MR) is 94.6 cm³/mol. The Hall–Kier alpha value is -1.39. The molecule has 1 N–H and O–H groups in total. The fraction of sp³-hybridized carbons (Fsp3) is 0.632. The molecule has 4 heteroatoms. The summed E-state index contributed by atoms with van der Waals surface area (Å²) in [6, 6.07) is 7.85. The first kappa shape index (κ1) is 15.2. The third kappa shape index (κ3) is 3.15. The molecular weight excluding hydrogens is 284 g/mol. The molecular formula is C19H28N4. The number of nitrogens with one attached hydrogen (secondary N) is 1. The highest BCUT2D eigenvalue weighted by atomic mass is 15.3. The number of benzene rings is 1. The number of likely N-dealkylation sites (tertiary alicyclic amines) is 1. The van der Waals surface area contributed by atoms with E-state index in [0.29, 0.717) is 12.1 Å². The minimum absolute atomic E-state index is 0.514. The predicted octanol–water partition coefficient (Wildman–Crippen LogP) is 3.36. The van der Waals surface area contributed by atoms with Crippen molar-refractivity contribution in [2.75, 3.05) is 26.7 Å². The summed E-state index contributed by atoms with van der Waals surface area (Å²) in [5.41, 5.74) is 2.55. The van der Waals surface area contributed by atoms with Gasteiger partial charge in [0.05, 0.1) is 11.6 Å². The lowest BCUT2D eigenvalue weighted by Gasteiger charge is -2.29. The van der Waals surface area contributed by atoms with E-state index < -0.39 is 0 Å². The van der Waals surface area contributed by atoms with Crippen LogP contribution in [0.15, 0.2) is 24.4 Å². The number of hydrogen-bond donors (Lipinski definition) is 1. The second-order valence-electron chi connectivity index (χ2n) is 7.63. The number of hydrogen-bond acceptors (Lipinski definition) is 3. The van der Waals surface area contributed by atoms with Crippen LogP contribution >= 0.6 is 0 Å². The van der Waals surface area contributed by atoms with E-state index in [2.05, 4.69) is 53.3 Å². The summed E-state index contributed by atoms with van der Waals surface area (Å²) in [5, 5.41) is 9.82. The average molecular weight is 312 g/mol. The van der Waals surface area contributed by atoms with Gasteiger partial charge in [0.15, 0.2) is 0 Å². The molecule has 3 heterocycles. The Bertz CT molecular complexity index is 669. The van der Waals surface area contributed by atoms with Gasteiger partial charge >= 0.3 is 0 Å². The van der Waals surface area contributed by atoms with E-state index in [1.807, 2.05) is 0 Å². The number of likely N-dealkylation sites (N-methyl/N-ethyl adjacent to an activating group) is 1. The summed E-state index contributed by atoms with van der Waals surface area (Å²) in [6.45, 7) is 5.80. The summed E-state index contributed by atoms with van der Waals surface area (Å²) >= 11 is 0. The van der Waals surface area contributed by atoms with Crippen molar-refractivity contribution in [1.82, 2.24) is 20.0 Å². The molecule has 0 radical (unpaired) electrons. The molecule has 0 bridgehead atoms. The summed E-state index contributed by atoms with van der Waals surface area (Å²) < 4.78 is 2.21. The van der Waals surface area contributed by atoms with Gasteiger partial charge in [0.2, 0.25) is 0 Å². The van der Waals surface area contributed by atoms with Crippen molar-refractivity contribution in [2.45, 2.75) is 44.7 Å². The molecule has 2 aliphatic rings. The quantitative estimate of drug-likeness (QED) is 0.923. The van der Waals surface area contributed by atoms with Crippen LogP contribution in [-0.2, 0) is 0 Å². The first-order valence-corrected chi connectivity index (χ1v) is 9.10. The van der Waals surface area contributed by atoms with Gasteiger partial charge in [-0.1, -0.05) is 13.0 Å². The SMILES string of the molecule is C[C@H]1CC[C@H](c2ccc3nn([C@@H]4CCCN(C)C4)cc3c2)NC1. The fourth-order valence-electron chi connectivity index (χ4n) is 4.11. The van der Waals surface area contributed by atoms with Crippen molar-refractivity contribution in [1.29, 1.82) is 0 Å². The summed E-state index contributed by atoms with van der Waals surface area (Å²) in [4.78, 5) is 2.42. The zero-order valence-electron chi connectivity index (χ0n) is 14.3. The maximum atomic E-state index is 4.84. The standard InChI is InChI=1S/C19H28N4/c1-14-5-7-18(20-11-14)15-6-8-19-16(10-15)12-23(21-19)17-4-3-9-22(2)13-17/h6,8,10,12,14,17-18,20H,3-5,7,9,11,13H2,1-2H3/t14-,17+,18+/m0/s1. The molecule has 4 nitrogen and oxygen atoms in total. The molecule has 0 spiro atoms. The van der Waals surface area contributed by atoms with Crippen molar-refractivity contribution < 1.29 is 0 Å². The summed E-state index contributed by atoms with van der Waals surface area (Å²) in [5.74, 6) is 0.807. The molecule has 2 saturated heterocycles. The highest BCUT2D eigenvalue weighted by Gasteiger charge is 2.21. The first-order chi connectivity index (χ1) is 11.2. The minimum Gasteiger partial charge on any atom is -0.310 e. The molecule has 1 aromatic heterocycles. The lowest BCUT2D eigenvalue weighted by atomic mass is 9.92. The number of piperidine rings is 2. The zero-order valence-corrected chi connectivity index (χ0v) is 14.3. The van der Waals surface area contributed by atoms with Crippen LogP contribution in [0.25, 0.3) is 10.9 Å². The van der Waals surface area contributed by atoms with Crippen LogP contribution in [0.1, 0.15) is 50.3 Å². The second-order valence-corrected chi connectivity index (χ2v) is 7.63. The molecule has 3 atom stereocenters. The van der Waals surface area contributed by atoms with Crippen molar-refractivity contribution in [2.24, 2.45) is 5.92 Å². The van der Waals surface area contributed by atoms with Crippen LogP contribution in [0.4, 0.5) is 0 Å². The van der Waals surface area contributed by atoms with E-state index in [1.54, 1.807) is 0 Å². The van der Waals surface area contributed by atoms with E-state index in [-0.39, 0.29) is 0 Å². The molecule has 0 amide bonds. The topological polar surface area (TPSA) is 33.1 Å². The third-order valence-electron chi connectivity index (χ3n) is 5.58. The fourth-order valence-corrected chi connectivity index (χ4v) is 4.11. The van der Waals surface area contributed by atoms with E-state index in [0.717, 1.165) is 24.5 Å². The zero-order chi connectivity index (χ0) is 15.8. The van der Waals surface area contributed by atoms with Gasteiger partial charge in [-0.2, -0.15) is 5.10 Å². The van der Waals surface area contributed by atoms with E-state index in [4.69, 9.17) is 5.10 Å². The Morgan fingerprint density at radius 3 is 2.91 bits per heavy atom. The molecule has 4 rings (SSSR count). The van der Waals surface area contributed by atoms with Gasteiger partial charge < -0.3 is 10.2 Å². The molecule has 0 unspecified atom stereocenters. The van der Waals surface area contributed by atoms with Crippen LogP contribution in [0.3, 0.4) is 0 Å². The van der Waals surface area contributed by atoms with Crippen molar-refractivity contribution >= 4 is 10.9 Å². The van der Waals surface area contributed by atoms with Crippen molar-refractivity contribution in [3.8, 4) is 0 Å². The second kappa shape index (κ2) is 6.25. The van der Waals surface area contributed by atoms with Gasteiger partial charge in [-0.15, -0.1) is 0 Å². The molecule has 2 aromatic rings. The Morgan fingerprint density at radius 1 is 1.22 bits per heavy atom. The smallest absolute Gasteiger partial charge is 0.0923 e. The van der Waals surface area contributed by atoms with Crippen LogP contribution < -0.4 is 5.32 Å². The maximum Gasteiger partial charge on any atom is 0.0923 e. The van der Waals surface area contributed by atoms with Crippen LogP contribution in [0.5, 0.6) is 0 Å². The third-order valence-corrected chi connectivity index (χ3v) is 5.58. The maximum absolute atomic E-state index is 4.84. The van der Waals surface area contributed by atoms with Crippen LogP contribution in [0.2, 0.25) is 0 Å². The molecule has 2 aliphatic heterocycles. The van der Waals surface area contributed by atoms with Gasteiger partial charge in [0.1, 0.15) is 0 Å². The first-order valence-electron chi connectivity index (χ1n) is 9.10. The molecule has 2 fully saturated rings. The van der Waals surface area contributed by atoms with Crippen molar-refractivity contribution in [3.05, 3.63) is 30.0 Å². The number of nitrogens with zero attached hydrogens (tertiary/aromatic N) is 3. The van der Waals surface area contributed by atoms with Gasteiger partial charge in [0, 0.05) is 24.2 Å². The average Bonchev–Trinajstić information content (AvgIpc) is 2.99. The highest BCUT2D eigenvalue weighted by Crippen LogP contribution is 2.29. The van der Waals surface area contributed by atoms with E-state index in [1.165, 1.54) is 43.2 Å². The lowest BCUT2D eigenvalue weighted by molar-refractivity contribution is 0.203.